The van der Waals surface area contributed by atoms with E-state index in [1.165, 1.54) is 5.56 Å². The highest BCUT2D eigenvalue weighted by atomic mass is 15.3. The maximum atomic E-state index is 4.62. The molecule has 0 saturated carbocycles. The number of hydrogen-bond acceptors (Lipinski definition) is 1. The summed E-state index contributed by atoms with van der Waals surface area (Å²) in [7, 11) is 0. The van der Waals surface area contributed by atoms with E-state index in [4.69, 9.17) is 0 Å². The molecule has 1 atom stereocenters. The molecule has 1 aromatic rings. The molecule has 0 saturated heterocycles. The van der Waals surface area contributed by atoms with Gasteiger partial charge >= 0.3 is 0 Å². The Hall–Kier alpha value is -1.44. The first kappa shape index (κ1) is 10.1. The van der Waals surface area contributed by atoms with E-state index in [-0.39, 0.29) is 0 Å². The van der Waals surface area contributed by atoms with Crippen LogP contribution in [0.15, 0.2) is 41.7 Å². The van der Waals surface area contributed by atoms with Crippen molar-refractivity contribution in [3.8, 4) is 0 Å². The Bertz CT molecular complexity index is 416. The van der Waals surface area contributed by atoms with Crippen LogP contribution in [0.5, 0.6) is 0 Å². The Labute approximate surface area is 90.9 Å². The number of aryl methyl sites for hydroxylation is 1. The van der Waals surface area contributed by atoms with Gasteiger partial charge in [0.05, 0.1) is 0 Å². The van der Waals surface area contributed by atoms with Crippen molar-refractivity contribution < 1.29 is 4.70 Å². The lowest BCUT2D eigenvalue weighted by molar-refractivity contribution is -0.436. The van der Waals surface area contributed by atoms with Gasteiger partial charge in [-0.2, -0.15) is 0 Å². The summed E-state index contributed by atoms with van der Waals surface area (Å²) in [6.45, 7) is 6.49. The summed E-state index contributed by atoms with van der Waals surface area (Å²) in [5.41, 5.74) is 2.42. The largest absolute Gasteiger partial charge is 0.237 e. The highest BCUT2D eigenvalue weighted by Gasteiger charge is 2.22. The number of hydrogen-bond donors (Lipinski definition) is 0. The van der Waals surface area contributed by atoms with Gasteiger partial charge in [0.1, 0.15) is 6.04 Å². The highest BCUT2D eigenvalue weighted by Crippen LogP contribution is 2.21. The Morgan fingerprint density at radius 1 is 1.33 bits per heavy atom. The van der Waals surface area contributed by atoms with Gasteiger partial charge in [-0.1, -0.05) is 30.7 Å². The third-order valence-corrected chi connectivity index (χ3v) is 2.63. The standard InChI is InChI=1S/C13H17N2/c1-10(2)13-7-8-15(14-13)12-6-4-5-11(3)9-12/h4-10,13H,1-3H3/q+1. The van der Waals surface area contributed by atoms with Gasteiger partial charge in [-0.15, -0.1) is 0 Å². The first-order chi connectivity index (χ1) is 7.16. The zero-order valence-corrected chi connectivity index (χ0v) is 9.51. The molecule has 15 heavy (non-hydrogen) atoms. The molecule has 0 aromatic heterocycles. The second kappa shape index (κ2) is 3.97. The molecule has 1 aliphatic heterocycles. The van der Waals surface area contributed by atoms with Gasteiger partial charge in [-0.3, -0.25) is 0 Å². The fourth-order valence-corrected chi connectivity index (χ4v) is 1.67. The van der Waals surface area contributed by atoms with E-state index in [0.717, 1.165) is 5.69 Å². The molecule has 1 aromatic carbocycles. The van der Waals surface area contributed by atoms with Crippen LogP contribution in [0.1, 0.15) is 19.4 Å². The molecule has 0 bridgehead atoms. The maximum absolute atomic E-state index is 4.62. The summed E-state index contributed by atoms with van der Waals surface area (Å²) in [6.07, 6.45) is 4.21. The van der Waals surface area contributed by atoms with Gasteiger partial charge < -0.3 is 0 Å². The average Bonchev–Trinajstić information content (AvgIpc) is 2.66. The smallest absolute Gasteiger partial charge is 0.0602 e. The van der Waals surface area contributed by atoms with Gasteiger partial charge in [0.15, 0.2) is 0 Å². The quantitative estimate of drug-likeness (QED) is 0.649. The fourth-order valence-electron chi connectivity index (χ4n) is 1.67. The molecule has 0 fully saturated rings. The minimum Gasteiger partial charge on any atom is -0.0602 e. The summed E-state index contributed by atoms with van der Waals surface area (Å²) in [5.74, 6) is 0.566. The molecule has 0 N–H and O–H groups in total. The van der Waals surface area contributed by atoms with E-state index in [0.29, 0.717) is 12.0 Å². The Morgan fingerprint density at radius 3 is 2.73 bits per heavy atom. The molecule has 0 aliphatic carbocycles. The lowest BCUT2D eigenvalue weighted by Crippen LogP contribution is -2.07. The van der Waals surface area contributed by atoms with Gasteiger partial charge in [-0.05, 0) is 23.5 Å². The SMILES string of the molecule is Cc1cccc([N+]2=NC(C(C)C)C=C2)c1. The second-order valence-corrected chi connectivity index (χ2v) is 4.38. The molecule has 2 heteroatoms. The minimum absolute atomic E-state index is 0.325. The monoisotopic (exact) mass is 201 g/mol. The van der Waals surface area contributed by atoms with Crippen LogP contribution in [-0.4, -0.2) is 10.7 Å². The van der Waals surface area contributed by atoms with Crippen molar-refractivity contribution in [3.63, 3.8) is 0 Å². The van der Waals surface area contributed by atoms with E-state index in [1.54, 1.807) is 0 Å². The molecule has 0 spiro atoms. The molecule has 2 rings (SSSR count). The molecular weight excluding hydrogens is 184 g/mol. The molecule has 0 radical (unpaired) electrons. The zero-order chi connectivity index (χ0) is 10.8. The summed E-state index contributed by atoms with van der Waals surface area (Å²) >= 11 is 0. The molecular formula is C13H17N2+. The predicted molar refractivity (Wildman–Crippen MR) is 61.3 cm³/mol. The topological polar surface area (TPSA) is 15.4 Å². The fraction of sp³-hybridized carbons (Fsp3) is 0.385. The van der Waals surface area contributed by atoms with Crippen LogP contribution in [0, 0.1) is 12.8 Å². The molecule has 1 heterocycles. The van der Waals surface area contributed by atoms with Crippen LogP contribution in [0.25, 0.3) is 0 Å². The van der Waals surface area contributed by atoms with Gasteiger partial charge in [-0.25, -0.2) is 0 Å². The number of rotatable bonds is 2. The van der Waals surface area contributed by atoms with Gasteiger partial charge in [0.2, 0.25) is 11.9 Å². The van der Waals surface area contributed by atoms with Crippen LogP contribution in [0.4, 0.5) is 5.69 Å². The summed E-state index contributed by atoms with van der Waals surface area (Å²) in [6, 6.07) is 8.73. The Morgan fingerprint density at radius 2 is 2.13 bits per heavy atom. The first-order valence-electron chi connectivity index (χ1n) is 5.42. The number of nitrogens with zero attached hydrogens (tertiary/aromatic N) is 2. The zero-order valence-electron chi connectivity index (χ0n) is 9.51. The van der Waals surface area contributed by atoms with Crippen LogP contribution < -0.4 is 0 Å². The van der Waals surface area contributed by atoms with E-state index in [2.05, 4.69) is 62.4 Å². The van der Waals surface area contributed by atoms with Crippen molar-refractivity contribution in [2.45, 2.75) is 26.8 Å². The van der Waals surface area contributed by atoms with E-state index in [9.17, 15) is 0 Å². The molecule has 2 nitrogen and oxygen atoms in total. The molecule has 0 amide bonds. The van der Waals surface area contributed by atoms with Crippen molar-refractivity contribution in [1.82, 2.24) is 0 Å². The van der Waals surface area contributed by atoms with E-state index < -0.39 is 0 Å². The second-order valence-electron chi connectivity index (χ2n) is 4.38. The predicted octanol–water partition coefficient (Wildman–Crippen LogP) is 3.64. The van der Waals surface area contributed by atoms with Gasteiger partial charge in [0.25, 0.3) is 0 Å². The first-order valence-corrected chi connectivity index (χ1v) is 5.42. The van der Waals surface area contributed by atoms with Gasteiger partial charge in [0, 0.05) is 18.2 Å². The lowest BCUT2D eigenvalue weighted by Gasteiger charge is -2.01. The number of benzene rings is 1. The lowest BCUT2D eigenvalue weighted by atomic mass is 10.1. The van der Waals surface area contributed by atoms with E-state index in [1.807, 2.05) is 4.70 Å². The summed E-state index contributed by atoms with van der Waals surface area (Å²) in [4.78, 5) is 0. The van der Waals surface area contributed by atoms with Crippen molar-refractivity contribution in [2.75, 3.05) is 0 Å². The molecule has 1 aliphatic rings. The van der Waals surface area contributed by atoms with Crippen molar-refractivity contribution in [2.24, 2.45) is 11.0 Å². The molecule has 1 unspecified atom stereocenters. The highest BCUT2D eigenvalue weighted by molar-refractivity contribution is 5.33. The maximum Gasteiger partial charge on any atom is 0.237 e. The molecule has 78 valence electrons. The van der Waals surface area contributed by atoms with Crippen LogP contribution in [-0.2, 0) is 0 Å². The summed E-state index contributed by atoms with van der Waals surface area (Å²) < 4.78 is 1.97. The Kier molecular flexibility index (Phi) is 2.67. The van der Waals surface area contributed by atoms with Crippen molar-refractivity contribution >= 4 is 5.69 Å². The van der Waals surface area contributed by atoms with Crippen LogP contribution in [0.2, 0.25) is 0 Å². The third kappa shape index (κ3) is 2.14. The summed E-state index contributed by atoms with van der Waals surface area (Å²) in [5, 5.41) is 4.62. The minimum atomic E-state index is 0.325. The van der Waals surface area contributed by atoms with Crippen LogP contribution in [0.3, 0.4) is 0 Å². The van der Waals surface area contributed by atoms with Crippen molar-refractivity contribution in [3.05, 3.63) is 42.1 Å². The van der Waals surface area contributed by atoms with E-state index >= 15 is 0 Å². The number of azo groups is 2. The van der Waals surface area contributed by atoms with Crippen molar-refractivity contribution in [1.29, 1.82) is 0 Å². The third-order valence-electron chi connectivity index (χ3n) is 2.63. The average molecular weight is 201 g/mol. The van der Waals surface area contributed by atoms with Crippen LogP contribution >= 0.6 is 0 Å². The normalized spacial score (nSPS) is 19.7. The Balaban J connectivity index is 2.27.